The predicted octanol–water partition coefficient (Wildman–Crippen LogP) is 3.00. The molecule has 0 fully saturated rings. The Labute approximate surface area is 212 Å². The number of hydrogen-bond donors (Lipinski definition) is 1. The van der Waals surface area contributed by atoms with E-state index in [1.807, 2.05) is 60.0 Å². The number of nitrogens with one attached hydrogen (secondary N) is 1. The van der Waals surface area contributed by atoms with Crippen molar-refractivity contribution in [2.45, 2.75) is 46.5 Å². The number of tetrazole rings is 1. The van der Waals surface area contributed by atoms with E-state index in [2.05, 4.69) is 20.6 Å². The molecule has 1 N–H and O–H groups in total. The number of aryl methyl sites for hydroxylation is 1. The molecular formula is C26H28N8O3. The van der Waals surface area contributed by atoms with Gasteiger partial charge in [0.1, 0.15) is 12.1 Å². The van der Waals surface area contributed by atoms with E-state index >= 15 is 0 Å². The number of hydrogen-bond acceptors (Lipinski definition) is 7. The molecule has 5 aromatic rings. The Balaban J connectivity index is 1.59. The fraction of sp³-hybridized carbons (Fsp3) is 0.308. The molecule has 0 aliphatic carbocycles. The van der Waals surface area contributed by atoms with Crippen molar-refractivity contribution in [1.82, 2.24) is 39.3 Å². The zero-order valence-corrected chi connectivity index (χ0v) is 21.2. The van der Waals surface area contributed by atoms with E-state index in [1.54, 1.807) is 13.8 Å². The standard InChI is InChI=1S/C26H28N8O3/c1-5-21-27-24-22(25(35)32(6-2)26(36)34(24)16(3)37-4)33(21)15-17-11-13-18(14-12-17)19-9-7-8-10-20(19)23-28-30-31-29-23/h7-14,16H,5-6,15H2,1-4H3,(H,28,29,30,31). The SMILES string of the molecule is CCc1nc2c(c(=O)n(CC)c(=O)n2C(C)OC)n1Cc1ccc(-c2ccccc2-c2nnn[nH]2)cc1. The minimum Gasteiger partial charge on any atom is -0.361 e. The highest BCUT2D eigenvalue weighted by molar-refractivity contribution is 5.80. The average Bonchev–Trinajstić information content (AvgIpc) is 3.58. The summed E-state index contributed by atoms with van der Waals surface area (Å²) < 4.78 is 10.0. The summed E-state index contributed by atoms with van der Waals surface area (Å²) in [6.07, 6.45) is 0.0345. The van der Waals surface area contributed by atoms with Crippen LogP contribution in [0.25, 0.3) is 33.7 Å². The second kappa shape index (κ2) is 9.94. The van der Waals surface area contributed by atoms with Crippen LogP contribution in [-0.4, -0.2) is 46.4 Å². The van der Waals surface area contributed by atoms with Crippen LogP contribution < -0.4 is 11.2 Å². The Morgan fingerprint density at radius 2 is 1.73 bits per heavy atom. The summed E-state index contributed by atoms with van der Waals surface area (Å²) in [4.78, 5) is 31.2. The summed E-state index contributed by atoms with van der Waals surface area (Å²) in [5, 5.41) is 14.3. The van der Waals surface area contributed by atoms with Crippen LogP contribution in [0, 0.1) is 0 Å². The van der Waals surface area contributed by atoms with Gasteiger partial charge in [0, 0.05) is 32.2 Å². The third kappa shape index (κ3) is 4.16. The van der Waals surface area contributed by atoms with Gasteiger partial charge < -0.3 is 9.30 Å². The number of methoxy groups -OCH3 is 1. The summed E-state index contributed by atoms with van der Waals surface area (Å²) >= 11 is 0. The molecule has 37 heavy (non-hydrogen) atoms. The van der Waals surface area contributed by atoms with Crippen LogP contribution in [0.1, 0.15) is 38.4 Å². The Kier molecular flexibility index (Phi) is 6.53. The average molecular weight is 501 g/mol. The number of aromatic nitrogens is 8. The van der Waals surface area contributed by atoms with Gasteiger partial charge >= 0.3 is 5.69 Å². The zero-order chi connectivity index (χ0) is 26.1. The Morgan fingerprint density at radius 3 is 2.35 bits per heavy atom. The number of ether oxygens (including phenoxy) is 1. The monoisotopic (exact) mass is 500 g/mol. The molecule has 11 nitrogen and oxygen atoms in total. The fourth-order valence-electron chi connectivity index (χ4n) is 4.64. The second-order valence-corrected chi connectivity index (χ2v) is 8.67. The minimum absolute atomic E-state index is 0.255. The fourth-order valence-corrected chi connectivity index (χ4v) is 4.64. The first-order chi connectivity index (χ1) is 18.0. The number of fused-ring (bicyclic) bond motifs is 1. The molecule has 3 aromatic heterocycles. The molecule has 5 rings (SSSR count). The smallest absolute Gasteiger partial charge is 0.334 e. The molecule has 0 aliphatic heterocycles. The number of benzene rings is 2. The van der Waals surface area contributed by atoms with Crippen LogP contribution in [0.3, 0.4) is 0 Å². The molecule has 190 valence electrons. The normalized spacial score (nSPS) is 12.3. The highest BCUT2D eigenvalue weighted by atomic mass is 16.5. The highest BCUT2D eigenvalue weighted by Crippen LogP contribution is 2.30. The van der Waals surface area contributed by atoms with Crippen molar-refractivity contribution in [3.8, 4) is 22.5 Å². The maximum absolute atomic E-state index is 13.4. The van der Waals surface area contributed by atoms with Gasteiger partial charge in [-0.05, 0) is 41.0 Å². The molecule has 0 aliphatic rings. The number of aromatic amines is 1. The molecule has 0 spiro atoms. The lowest BCUT2D eigenvalue weighted by atomic mass is 9.98. The molecule has 0 bridgehead atoms. The molecule has 3 heterocycles. The maximum atomic E-state index is 13.4. The third-order valence-electron chi connectivity index (χ3n) is 6.61. The maximum Gasteiger partial charge on any atom is 0.334 e. The van der Waals surface area contributed by atoms with E-state index in [-0.39, 0.29) is 12.1 Å². The van der Waals surface area contributed by atoms with Crippen LogP contribution in [0.4, 0.5) is 0 Å². The van der Waals surface area contributed by atoms with Crippen molar-refractivity contribution in [3.05, 3.63) is 80.8 Å². The van der Waals surface area contributed by atoms with E-state index in [9.17, 15) is 9.59 Å². The van der Waals surface area contributed by atoms with Crippen molar-refractivity contribution in [1.29, 1.82) is 0 Å². The molecule has 11 heteroatoms. The van der Waals surface area contributed by atoms with Crippen LogP contribution in [0.2, 0.25) is 0 Å². The summed E-state index contributed by atoms with van der Waals surface area (Å²) in [7, 11) is 1.53. The van der Waals surface area contributed by atoms with Gasteiger partial charge in [-0.3, -0.25) is 9.36 Å². The van der Waals surface area contributed by atoms with E-state index in [4.69, 9.17) is 9.72 Å². The molecule has 0 amide bonds. The third-order valence-corrected chi connectivity index (χ3v) is 6.61. The van der Waals surface area contributed by atoms with Crippen LogP contribution in [-0.2, 0) is 24.2 Å². The Morgan fingerprint density at radius 1 is 1.00 bits per heavy atom. The van der Waals surface area contributed by atoms with Crippen molar-refractivity contribution < 1.29 is 4.74 Å². The quantitative estimate of drug-likeness (QED) is 0.347. The van der Waals surface area contributed by atoms with Gasteiger partial charge in [0.15, 0.2) is 17.0 Å². The van der Waals surface area contributed by atoms with Crippen molar-refractivity contribution >= 4 is 11.2 Å². The van der Waals surface area contributed by atoms with Gasteiger partial charge in [0.05, 0.1) is 0 Å². The number of rotatable bonds is 8. The topological polar surface area (TPSA) is 126 Å². The zero-order valence-electron chi connectivity index (χ0n) is 21.2. The van der Waals surface area contributed by atoms with E-state index in [1.165, 1.54) is 16.2 Å². The van der Waals surface area contributed by atoms with E-state index in [0.29, 0.717) is 30.0 Å². The van der Waals surface area contributed by atoms with Crippen LogP contribution in [0.15, 0.2) is 58.1 Å². The van der Waals surface area contributed by atoms with Gasteiger partial charge in [-0.15, -0.1) is 5.10 Å². The second-order valence-electron chi connectivity index (χ2n) is 8.67. The van der Waals surface area contributed by atoms with Gasteiger partial charge in [0.2, 0.25) is 0 Å². The predicted molar refractivity (Wildman–Crippen MR) is 139 cm³/mol. The molecular weight excluding hydrogens is 472 g/mol. The summed E-state index contributed by atoms with van der Waals surface area (Å²) in [6.45, 7) is 6.22. The first-order valence-corrected chi connectivity index (χ1v) is 12.2. The van der Waals surface area contributed by atoms with Crippen molar-refractivity contribution in [3.63, 3.8) is 0 Å². The number of H-pyrrole nitrogens is 1. The first kappa shape index (κ1) is 24.3. The van der Waals surface area contributed by atoms with E-state index in [0.717, 1.165) is 28.1 Å². The molecule has 2 aromatic carbocycles. The first-order valence-electron chi connectivity index (χ1n) is 12.2. The lowest BCUT2D eigenvalue weighted by Gasteiger charge is -2.16. The van der Waals surface area contributed by atoms with Crippen LogP contribution >= 0.6 is 0 Å². The van der Waals surface area contributed by atoms with Gasteiger partial charge in [-0.25, -0.2) is 19.4 Å². The number of imidazole rings is 1. The lowest BCUT2D eigenvalue weighted by molar-refractivity contribution is 0.0586. The summed E-state index contributed by atoms with van der Waals surface area (Å²) in [6, 6.07) is 16.0. The Hall–Kier alpha value is -4.38. The molecule has 0 saturated heterocycles. The molecule has 0 radical (unpaired) electrons. The largest absolute Gasteiger partial charge is 0.361 e. The molecule has 0 saturated carbocycles. The van der Waals surface area contributed by atoms with Gasteiger partial charge in [-0.2, -0.15) is 0 Å². The van der Waals surface area contributed by atoms with Crippen molar-refractivity contribution in [2.75, 3.05) is 7.11 Å². The van der Waals surface area contributed by atoms with E-state index < -0.39 is 11.9 Å². The van der Waals surface area contributed by atoms with Crippen LogP contribution in [0.5, 0.6) is 0 Å². The molecule has 1 atom stereocenters. The Bertz CT molecular complexity index is 1660. The summed E-state index contributed by atoms with van der Waals surface area (Å²) in [5.74, 6) is 1.32. The number of nitrogens with zero attached hydrogens (tertiary/aromatic N) is 7. The van der Waals surface area contributed by atoms with Crippen molar-refractivity contribution in [2.24, 2.45) is 0 Å². The minimum atomic E-state index is -0.569. The van der Waals surface area contributed by atoms with Gasteiger partial charge in [0.25, 0.3) is 5.56 Å². The highest BCUT2D eigenvalue weighted by Gasteiger charge is 2.23. The summed E-state index contributed by atoms with van der Waals surface area (Å²) in [5.41, 5.74) is 3.88. The van der Waals surface area contributed by atoms with Gasteiger partial charge in [-0.1, -0.05) is 55.5 Å². The molecule has 1 unspecified atom stereocenters. The lowest BCUT2D eigenvalue weighted by Crippen LogP contribution is -2.41.